The molecular weight excluding hydrogens is 642 g/mol. The van der Waals surface area contributed by atoms with Crippen LogP contribution in [0.4, 0.5) is 0 Å². The van der Waals surface area contributed by atoms with E-state index in [0.717, 1.165) is 0 Å². The molecule has 0 aromatic heterocycles. The zero-order chi connectivity index (χ0) is 26.3. The molecule has 38 heavy (non-hydrogen) atoms. The van der Waals surface area contributed by atoms with Crippen molar-refractivity contribution in [3.63, 3.8) is 0 Å². The van der Waals surface area contributed by atoms with Crippen LogP contribution in [0.2, 0.25) is 0 Å². The zero-order valence-electron chi connectivity index (χ0n) is 23.0. The maximum Gasteiger partial charge on any atom is 0 e. The van der Waals surface area contributed by atoms with E-state index in [9.17, 15) is 0 Å². The van der Waals surface area contributed by atoms with E-state index in [4.69, 9.17) is 0 Å². The van der Waals surface area contributed by atoms with E-state index in [0.29, 0.717) is 0 Å². The summed E-state index contributed by atoms with van der Waals surface area (Å²) in [7, 11) is -0.493. The molecule has 0 atom stereocenters. The summed E-state index contributed by atoms with van der Waals surface area (Å²) in [5.41, 5.74) is 2.98. The van der Waals surface area contributed by atoms with Crippen molar-refractivity contribution >= 4 is 34.6 Å². The molecule has 0 radical (unpaired) electrons. The van der Waals surface area contributed by atoms with Crippen molar-refractivity contribution in [2.24, 2.45) is 0 Å². The molecule has 0 fully saturated rings. The molecule has 0 unspecified atom stereocenters. The monoisotopic (exact) mass is 682 g/mol. The molecule has 0 heterocycles. The normalized spacial score (nSPS) is 10.3. The van der Waals surface area contributed by atoms with Gasteiger partial charge in [0.25, 0.3) is 0 Å². The first-order valence-corrected chi connectivity index (χ1v) is 14.5. The molecule has 0 saturated carbocycles. The second-order valence-electron chi connectivity index (χ2n) is 8.95. The molecule has 0 saturated heterocycles. The van der Waals surface area contributed by atoms with Gasteiger partial charge in [-0.25, -0.2) is 12.1 Å². The van der Waals surface area contributed by atoms with Gasteiger partial charge >= 0.3 is 0 Å². The minimum atomic E-state index is -0.493. The number of fused-ring (bicyclic) bond motifs is 1. The first-order chi connectivity index (χ1) is 18.2. The Labute approximate surface area is 250 Å². The fourth-order valence-corrected chi connectivity index (χ4v) is 6.57. The number of unbranched alkanes of at least 4 members (excludes halogenated alkanes) is 1. The van der Waals surface area contributed by atoms with E-state index in [1.165, 1.54) is 57.1 Å². The number of hydrogen-bond donors (Lipinski definition) is 0. The maximum absolute atomic E-state index is 3.46. The third kappa shape index (κ3) is 9.61. The number of aryl methyl sites for hydroxylation is 2. The Morgan fingerprint density at radius 1 is 0.842 bits per heavy atom. The van der Waals surface area contributed by atoms with E-state index in [1.54, 1.807) is 6.08 Å². The van der Waals surface area contributed by atoms with E-state index >= 15 is 0 Å². The van der Waals surface area contributed by atoms with Gasteiger partial charge in [0.15, 0.2) is 0 Å². The average molecular weight is 681 g/mol. The largest absolute Gasteiger partial charge is 0.213 e. The van der Waals surface area contributed by atoms with Gasteiger partial charge in [0.2, 0.25) is 0 Å². The Morgan fingerprint density at radius 2 is 1.45 bits per heavy atom. The molecule has 0 aliphatic carbocycles. The van der Waals surface area contributed by atoms with Gasteiger partial charge < -0.3 is 0 Å². The summed E-state index contributed by atoms with van der Waals surface area (Å²) in [5.74, 6) is 0. The molecular formula is C36H39HfP-2. The standard InChI is InChI=1S/C21H16P.C10H15.C5H8.Hf/c1-3-11-19(12-4-1)22(20-13-5-2-6-14-20)21-15-17-9-7-8-10-18(17)16-21;1-3-4-7-10-8-5-6-9(10)2;1-3-5-4-2;/h1-16H;5-6,8H,3-4,7H2,1-2H3;3-5H,1H2,2H3;/q2*-1;;. The van der Waals surface area contributed by atoms with Crippen molar-refractivity contribution < 1.29 is 25.8 Å². The third-order valence-electron chi connectivity index (χ3n) is 6.17. The van der Waals surface area contributed by atoms with Gasteiger partial charge in [-0.1, -0.05) is 125 Å². The van der Waals surface area contributed by atoms with E-state index in [1.807, 2.05) is 19.1 Å². The molecule has 5 aromatic carbocycles. The summed E-state index contributed by atoms with van der Waals surface area (Å²) in [5, 5.41) is 6.89. The number of hydrogen-bond acceptors (Lipinski definition) is 0. The van der Waals surface area contributed by atoms with Crippen LogP contribution in [0.1, 0.15) is 37.8 Å². The van der Waals surface area contributed by atoms with Crippen molar-refractivity contribution in [3.8, 4) is 0 Å². The second kappa shape index (κ2) is 17.8. The summed E-state index contributed by atoms with van der Waals surface area (Å²) < 4.78 is 0. The van der Waals surface area contributed by atoms with Crippen LogP contribution in [0.3, 0.4) is 0 Å². The quantitative estimate of drug-likeness (QED) is 0.0697. The Hall–Kier alpha value is -2.60. The van der Waals surface area contributed by atoms with E-state index in [2.05, 4.69) is 136 Å². The van der Waals surface area contributed by atoms with Crippen LogP contribution < -0.4 is 15.9 Å². The first kappa shape index (κ1) is 31.6. The van der Waals surface area contributed by atoms with Crippen LogP contribution in [0.15, 0.2) is 140 Å². The van der Waals surface area contributed by atoms with Crippen molar-refractivity contribution in [3.05, 3.63) is 151 Å². The van der Waals surface area contributed by atoms with Gasteiger partial charge in [-0.3, -0.25) is 0 Å². The van der Waals surface area contributed by atoms with Crippen LogP contribution in [0.5, 0.6) is 0 Å². The molecule has 5 rings (SSSR count). The first-order valence-electron chi connectivity index (χ1n) is 13.2. The molecule has 0 bridgehead atoms. The van der Waals surface area contributed by atoms with Gasteiger partial charge in [0.1, 0.15) is 0 Å². The number of benzene rings is 3. The number of allylic oxidation sites excluding steroid dienone is 3. The molecule has 2 heteroatoms. The van der Waals surface area contributed by atoms with Crippen molar-refractivity contribution in [2.45, 2.75) is 40.0 Å². The Balaban J connectivity index is 0.000000265. The molecule has 5 aromatic rings. The predicted molar refractivity (Wildman–Crippen MR) is 169 cm³/mol. The van der Waals surface area contributed by atoms with E-state index in [-0.39, 0.29) is 25.8 Å². The SMILES string of the molecule is C=CC=CC.CCCC[c-]1cccc1C.[Hf].c1ccc(P(c2ccccc2)c2cc3ccccc3[cH-]2)cc1. The van der Waals surface area contributed by atoms with Crippen molar-refractivity contribution in [2.75, 3.05) is 0 Å². The maximum atomic E-state index is 3.46. The topological polar surface area (TPSA) is 0 Å². The fraction of sp³-hybridized carbons (Fsp3) is 0.167. The molecule has 0 amide bonds. The predicted octanol–water partition coefficient (Wildman–Crippen LogP) is 9.12. The second-order valence-corrected chi connectivity index (χ2v) is 11.2. The van der Waals surface area contributed by atoms with Gasteiger partial charge in [0.05, 0.1) is 0 Å². The third-order valence-corrected chi connectivity index (χ3v) is 8.57. The smallest absolute Gasteiger partial charge is 0 e. The number of rotatable bonds is 7. The molecule has 0 N–H and O–H groups in total. The zero-order valence-corrected chi connectivity index (χ0v) is 27.5. The summed E-state index contributed by atoms with van der Waals surface area (Å²) >= 11 is 0. The minimum Gasteiger partial charge on any atom is -0.213 e. The van der Waals surface area contributed by atoms with Crippen molar-refractivity contribution in [1.29, 1.82) is 0 Å². The molecule has 0 nitrogen and oxygen atoms in total. The van der Waals surface area contributed by atoms with Crippen LogP contribution in [0, 0.1) is 6.92 Å². The van der Waals surface area contributed by atoms with Gasteiger partial charge in [0, 0.05) is 25.8 Å². The molecule has 0 aliphatic rings. The summed E-state index contributed by atoms with van der Waals surface area (Å²) in [4.78, 5) is 0. The van der Waals surface area contributed by atoms with Gasteiger partial charge in [-0.05, 0) is 25.5 Å². The van der Waals surface area contributed by atoms with Crippen LogP contribution in [0.25, 0.3) is 10.8 Å². The van der Waals surface area contributed by atoms with Gasteiger partial charge in [-0.15, -0.1) is 40.3 Å². The van der Waals surface area contributed by atoms with Crippen LogP contribution in [-0.2, 0) is 32.3 Å². The molecule has 0 aliphatic heterocycles. The summed E-state index contributed by atoms with van der Waals surface area (Å²) in [6, 6.07) is 41.6. The average Bonchev–Trinajstić information content (AvgIpc) is 3.55. The van der Waals surface area contributed by atoms with Gasteiger partial charge in [-0.2, -0.15) is 23.3 Å². The Morgan fingerprint density at radius 3 is 1.92 bits per heavy atom. The fourth-order valence-electron chi connectivity index (χ4n) is 4.20. The summed E-state index contributed by atoms with van der Waals surface area (Å²) in [6.07, 6.45) is 9.46. The van der Waals surface area contributed by atoms with E-state index < -0.39 is 7.92 Å². The van der Waals surface area contributed by atoms with Crippen molar-refractivity contribution in [1.82, 2.24) is 0 Å². The molecule has 0 spiro atoms. The Bertz CT molecular complexity index is 1270. The Kier molecular flexibility index (Phi) is 14.8. The summed E-state index contributed by atoms with van der Waals surface area (Å²) in [6.45, 7) is 9.84. The van der Waals surface area contributed by atoms with Crippen LogP contribution >= 0.6 is 7.92 Å². The van der Waals surface area contributed by atoms with Crippen LogP contribution in [-0.4, -0.2) is 0 Å². The minimum absolute atomic E-state index is 0. The molecule has 194 valence electrons.